The van der Waals surface area contributed by atoms with Crippen LogP contribution in [0.15, 0.2) is 30.6 Å². The van der Waals surface area contributed by atoms with Crippen molar-refractivity contribution in [1.29, 1.82) is 0 Å². The summed E-state index contributed by atoms with van der Waals surface area (Å²) < 4.78 is 0. The third-order valence-electron chi connectivity index (χ3n) is 4.53. The Morgan fingerprint density at radius 2 is 2.08 bits per heavy atom. The van der Waals surface area contributed by atoms with Gasteiger partial charge in [-0.15, -0.1) is 0 Å². The van der Waals surface area contributed by atoms with Crippen LogP contribution in [0, 0.1) is 5.92 Å². The number of hydrogen-bond donors (Lipinski definition) is 3. The summed E-state index contributed by atoms with van der Waals surface area (Å²) in [6, 6.07) is 8.08. The van der Waals surface area contributed by atoms with E-state index in [1.165, 1.54) is 11.9 Å². The van der Waals surface area contributed by atoms with Gasteiger partial charge < -0.3 is 15.6 Å². The van der Waals surface area contributed by atoms with Crippen molar-refractivity contribution in [3.05, 3.63) is 53.1 Å². The lowest BCUT2D eigenvalue weighted by Crippen LogP contribution is -2.32. The number of benzene rings is 1. The Morgan fingerprint density at radius 1 is 1.28 bits per heavy atom. The smallest absolute Gasteiger partial charge is 0.272 e. The van der Waals surface area contributed by atoms with Crippen LogP contribution in [0.25, 0.3) is 0 Å². The van der Waals surface area contributed by atoms with Gasteiger partial charge in [0.05, 0.1) is 12.4 Å². The summed E-state index contributed by atoms with van der Waals surface area (Å²) in [6.45, 7) is 4.77. The SMILES string of the molecule is CC(C)CCNC(=O)c1[nH]cnc1C(=O)N[C@@H]1CCc2ccccc21. The first-order valence-corrected chi connectivity index (χ1v) is 8.76. The van der Waals surface area contributed by atoms with Gasteiger partial charge in [0.25, 0.3) is 11.8 Å². The number of aromatic amines is 1. The highest BCUT2D eigenvalue weighted by Crippen LogP contribution is 2.30. The largest absolute Gasteiger partial charge is 0.351 e. The van der Waals surface area contributed by atoms with Gasteiger partial charge in [0.1, 0.15) is 5.69 Å². The van der Waals surface area contributed by atoms with E-state index in [0.29, 0.717) is 12.5 Å². The van der Waals surface area contributed by atoms with Gasteiger partial charge in [0.2, 0.25) is 0 Å². The van der Waals surface area contributed by atoms with Crippen molar-refractivity contribution in [2.24, 2.45) is 5.92 Å². The van der Waals surface area contributed by atoms with E-state index in [2.05, 4.69) is 40.5 Å². The molecule has 0 spiro atoms. The second kappa shape index (κ2) is 7.51. The molecule has 1 heterocycles. The molecule has 3 rings (SSSR count). The van der Waals surface area contributed by atoms with Crippen LogP contribution in [-0.2, 0) is 6.42 Å². The van der Waals surface area contributed by atoms with Gasteiger partial charge >= 0.3 is 0 Å². The van der Waals surface area contributed by atoms with Crippen molar-refractivity contribution in [2.45, 2.75) is 39.2 Å². The zero-order chi connectivity index (χ0) is 17.8. The lowest BCUT2D eigenvalue weighted by Gasteiger charge is -2.14. The van der Waals surface area contributed by atoms with E-state index in [-0.39, 0.29) is 29.2 Å². The van der Waals surface area contributed by atoms with Gasteiger partial charge in [-0.25, -0.2) is 4.98 Å². The van der Waals surface area contributed by atoms with Crippen molar-refractivity contribution in [1.82, 2.24) is 20.6 Å². The number of rotatable bonds is 6. The Morgan fingerprint density at radius 3 is 2.88 bits per heavy atom. The van der Waals surface area contributed by atoms with Gasteiger partial charge in [-0.3, -0.25) is 9.59 Å². The molecule has 25 heavy (non-hydrogen) atoms. The van der Waals surface area contributed by atoms with Crippen molar-refractivity contribution in [2.75, 3.05) is 6.54 Å². The number of aromatic nitrogens is 2. The molecule has 2 amide bonds. The fraction of sp³-hybridized carbons (Fsp3) is 0.421. The van der Waals surface area contributed by atoms with E-state index < -0.39 is 0 Å². The molecule has 2 aromatic rings. The van der Waals surface area contributed by atoms with Crippen molar-refractivity contribution in [3.63, 3.8) is 0 Å². The normalized spacial score (nSPS) is 15.9. The Hall–Kier alpha value is -2.63. The topological polar surface area (TPSA) is 86.9 Å². The van der Waals surface area contributed by atoms with Crippen molar-refractivity contribution < 1.29 is 9.59 Å². The van der Waals surface area contributed by atoms with Gasteiger partial charge in [-0.2, -0.15) is 0 Å². The molecule has 0 fully saturated rings. The summed E-state index contributed by atoms with van der Waals surface area (Å²) in [5.41, 5.74) is 2.77. The molecule has 0 radical (unpaired) electrons. The quantitative estimate of drug-likeness (QED) is 0.755. The maximum absolute atomic E-state index is 12.6. The maximum atomic E-state index is 12.6. The van der Waals surface area contributed by atoms with E-state index >= 15 is 0 Å². The summed E-state index contributed by atoms with van der Waals surface area (Å²) in [5, 5.41) is 5.84. The average molecular weight is 340 g/mol. The molecule has 0 aliphatic heterocycles. The summed E-state index contributed by atoms with van der Waals surface area (Å²) in [6.07, 6.45) is 4.09. The van der Waals surface area contributed by atoms with Gasteiger partial charge in [-0.05, 0) is 36.3 Å². The predicted molar refractivity (Wildman–Crippen MR) is 95.3 cm³/mol. The lowest BCUT2D eigenvalue weighted by molar-refractivity contribution is 0.0903. The standard InChI is InChI=1S/C19H24N4O2/c1-12(2)9-10-20-18(24)16-17(22-11-21-16)19(25)23-15-8-7-13-5-3-4-6-14(13)15/h3-6,11-12,15H,7-10H2,1-2H3,(H,20,24)(H,21,22)(H,23,25)/t15-/m1/s1. The number of imidazole rings is 1. The first kappa shape index (κ1) is 17.2. The number of carbonyl (C=O) groups is 2. The fourth-order valence-corrected chi connectivity index (χ4v) is 3.14. The molecule has 0 bridgehead atoms. The number of nitrogens with zero attached hydrogens (tertiary/aromatic N) is 1. The third kappa shape index (κ3) is 3.90. The second-order valence-corrected chi connectivity index (χ2v) is 6.83. The van der Waals surface area contributed by atoms with Crippen LogP contribution >= 0.6 is 0 Å². The summed E-state index contributed by atoms with van der Waals surface area (Å²) in [4.78, 5) is 31.7. The van der Waals surface area contributed by atoms with Crippen LogP contribution in [0.3, 0.4) is 0 Å². The first-order valence-electron chi connectivity index (χ1n) is 8.76. The van der Waals surface area contributed by atoms with Crippen LogP contribution in [0.2, 0.25) is 0 Å². The minimum absolute atomic E-state index is 0.0303. The number of amides is 2. The molecule has 6 nitrogen and oxygen atoms in total. The zero-order valence-electron chi connectivity index (χ0n) is 14.6. The molecule has 6 heteroatoms. The van der Waals surface area contributed by atoms with E-state index in [0.717, 1.165) is 24.8 Å². The molecule has 3 N–H and O–H groups in total. The van der Waals surface area contributed by atoms with Crippen LogP contribution in [-0.4, -0.2) is 28.3 Å². The van der Waals surface area contributed by atoms with E-state index in [9.17, 15) is 9.59 Å². The van der Waals surface area contributed by atoms with Crippen LogP contribution in [0.1, 0.15) is 64.8 Å². The number of fused-ring (bicyclic) bond motifs is 1. The minimum atomic E-state index is -0.322. The highest BCUT2D eigenvalue weighted by Gasteiger charge is 2.27. The molecule has 1 atom stereocenters. The molecule has 0 saturated carbocycles. The Kier molecular flexibility index (Phi) is 5.16. The fourth-order valence-electron chi connectivity index (χ4n) is 3.14. The van der Waals surface area contributed by atoms with E-state index in [4.69, 9.17) is 0 Å². The molecular formula is C19H24N4O2. The van der Waals surface area contributed by atoms with Crippen molar-refractivity contribution in [3.8, 4) is 0 Å². The molecule has 1 aliphatic rings. The summed E-state index contributed by atoms with van der Waals surface area (Å²) in [5.74, 6) is -0.112. The van der Waals surface area contributed by atoms with Gasteiger partial charge in [0.15, 0.2) is 5.69 Å². The minimum Gasteiger partial charge on any atom is -0.351 e. The zero-order valence-corrected chi connectivity index (χ0v) is 14.6. The summed E-state index contributed by atoms with van der Waals surface area (Å²) >= 11 is 0. The van der Waals surface area contributed by atoms with Crippen molar-refractivity contribution >= 4 is 11.8 Å². The monoisotopic (exact) mass is 340 g/mol. The highest BCUT2D eigenvalue weighted by molar-refractivity contribution is 6.04. The van der Waals surface area contributed by atoms with Gasteiger partial charge in [0, 0.05) is 6.54 Å². The third-order valence-corrected chi connectivity index (χ3v) is 4.53. The summed E-state index contributed by atoms with van der Waals surface area (Å²) in [7, 11) is 0. The molecule has 1 aliphatic carbocycles. The lowest BCUT2D eigenvalue weighted by atomic mass is 10.1. The number of aryl methyl sites for hydroxylation is 1. The van der Waals surface area contributed by atoms with Crippen LogP contribution < -0.4 is 10.6 Å². The van der Waals surface area contributed by atoms with E-state index in [1.807, 2.05) is 18.2 Å². The Balaban J connectivity index is 1.66. The number of nitrogens with one attached hydrogen (secondary N) is 3. The molecular weight excluding hydrogens is 316 g/mol. The molecule has 0 unspecified atom stereocenters. The second-order valence-electron chi connectivity index (χ2n) is 6.83. The van der Waals surface area contributed by atoms with Crippen LogP contribution in [0.4, 0.5) is 0 Å². The highest BCUT2D eigenvalue weighted by atomic mass is 16.2. The molecule has 0 saturated heterocycles. The number of hydrogen-bond acceptors (Lipinski definition) is 3. The van der Waals surface area contributed by atoms with Gasteiger partial charge in [-0.1, -0.05) is 38.1 Å². The number of carbonyl (C=O) groups excluding carboxylic acids is 2. The predicted octanol–water partition coefficient (Wildman–Crippen LogP) is 2.60. The first-order chi connectivity index (χ1) is 12.1. The Bertz CT molecular complexity index is 766. The Labute approximate surface area is 147 Å². The molecule has 1 aromatic carbocycles. The van der Waals surface area contributed by atoms with E-state index in [1.54, 1.807) is 0 Å². The maximum Gasteiger partial charge on any atom is 0.272 e. The van der Waals surface area contributed by atoms with Crippen LogP contribution in [0.5, 0.6) is 0 Å². The average Bonchev–Trinajstić information content (AvgIpc) is 3.22. The molecule has 132 valence electrons. The number of H-pyrrole nitrogens is 1. The molecule has 1 aromatic heterocycles.